The van der Waals surface area contributed by atoms with Gasteiger partial charge in [-0.25, -0.2) is 0 Å². The maximum absolute atomic E-state index is 13.4. The van der Waals surface area contributed by atoms with Crippen LogP contribution in [0.1, 0.15) is 81.6 Å². The Morgan fingerprint density at radius 1 is 0.951 bits per heavy atom. The third-order valence-electron chi connectivity index (χ3n) is 13.3. The van der Waals surface area contributed by atoms with E-state index in [0.717, 1.165) is 12.8 Å². The minimum Gasteiger partial charge on any atom is -0.411 e. The van der Waals surface area contributed by atoms with Crippen LogP contribution in [0.3, 0.4) is 0 Å². The van der Waals surface area contributed by atoms with E-state index in [1.54, 1.807) is 7.11 Å². The van der Waals surface area contributed by atoms with Gasteiger partial charge in [0.15, 0.2) is 28.7 Å². The van der Waals surface area contributed by atoms with E-state index in [4.69, 9.17) is 23.1 Å². The third kappa shape index (κ3) is 4.51. The first kappa shape index (κ1) is 32.0. The number of hydrogen-bond acceptors (Lipinski definition) is 6. The second-order valence-electron chi connectivity index (χ2n) is 17.6. The fourth-order valence-corrected chi connectivity index (χ4v) is 11.7. The molecule has 2 saturated carbocycles. The molecule has 2 saturated heterocycles. The van der Waals surface area contributed by atoms with Crippen molar-refractivity contribution in [2.24, 2.45) is 28.6 Å². The molecule has 3 aliphatic carbocycles. The summed E-state index contributed by atoms with van der Waals surface area (Å²) in [5.74, 6) is 0.728. The largest absolute Gasteiger partial charge is 0.411 e. The number of ether oxygens (including phenoxy) is 3. The van der Waals surface area contributed by atoms with Crippen LogP contribution in [0.5, 0.6) is 0 Å². The number of ketones is 1. The van der Waals surface area contributed by atoms with Gasteiger partial charge in [0, 0.05) is 37.2 Å². The van der Waals surface area contributed by atoms with E-state index in [9.17, 15) is 4.79 Å². The maximum atomic E-state index is 13.4. The van der Waals surface area contributed by atoms with Gasteiger partial charge in [0.1, 0.15) is 0 Å². The van der Waals surface area contributed by atoms with Crippen LogP contribution in [0.2, 0.25) is 36.3 Å². The Balaban J connectivity index is 1.77. The lowest BCUT2D eigenvalue weighted by Gasteiger charge is -2.70. The van der Waals surface area contributed by atoms with E-state index in [1.165, 1.54) is 5.57 Å². The first-order valence-electron chi connectivity index (χ1n) is 15.9. The van der Waals surface area contributed by atoms with Crippen LogP contribution in [0.4, 0.5) is 0 Å². The van der Waals surface area contributed by atoms with Gasteiger partial charge in [-0.3, -0.25) is 4.79 Å². The van der Waals surface area contributed by atoms with Gasteiger partial charge in [-0.15, -0.1) is 0 Å². The summed E-state index contributed by atoms with van der Waals surface area (Å²) in [6, 6.07) is 0. The average molecular weight is 607 g/mol. The average Bonchev–Trinajstić information content (AvgIpc) is 3.05. The van der Waals surface area contributed by atoms with E-state index < -0.39 is 22.2 Å². The van der Waals surface area contributed by atoms with Gasteiger partial charge in [-0.2, -0.15) is 0 Å². The van der Waals surface area contributed by atoms with Gasteiger partial charge >= 0.3 is 0 Å². The zero-order chi connectivity index (χ0) is 30.8. The van der Waals surface area contributed by atoms with Crippen molar-refractivity contribution in [3.05, 3.63) is 11.6 Å². The van der Waals surface area contributed by atoms with Crippen LogP contribution in [0.25, 0.3) is 0 Å². The SMILES string of the molecule is CO[C@@H]1C[C@H]2[C@]3(C)OC[C@@]24[C@H]([C@@H](O[Si](C)(C)C(C)(C)C)[C@@H]3O[Si](C)(C)C(C)(C)C)[C@@]2(C)CC(=O)C=C(C)[C@@H]2C[C@H]4O1. The lowest BCUT2D eigenvalue weighted by Crippen LogP contribution is -2.77. The molecule has 8 heteroatoms. The quantitative estimate of drug-likeness (QED) is 0.302. The van der Waals surface area contributed by atoms with Crippen LogP contribution in [-0.4, -0.2) is 66.3 Å². The third-order valence-corrected chi connectivity index (χ3v) is 22.2. The number of carbonyl (C=O) groups excluding carboxylic acids is 1. The molecule has 2 heterocycles. The molecule has 2 aliphatic heterocycles. The molecule has 10 atom stereocenters. The highest BCUT2D eigenvalue weighted by atomic mass is 28.4. The van der Waals surface area contributed by atoms with Crippen LogP contribution < -0.4 is 0 Å². The number of hydrogen-bond donors (Lipinski definition) is 0. The van der Waals surface area contributed by atoms with Gasteiger partial charge in [-0.05, 0) is 73.9 Å². The van der Waals surface area contributed by atoms with Gasteiger partial charge in [0.05, 0.1) is 30.5 Å². The topological polar surface area (TPSA) is 63.2 Å². The molecule has 0 N–H and O–H groups in total. The van der Waals surface area contributed by atoms with E-state index in [2.05, 4.69) is 88.5 Å². The summed E-state index contributed by atoms with van der Waals surface area (Å²) in [5, 5.41) is 0.0606. The molecule has 0 aromatic carbocycles. The van der Waals surface area contributed by atoms with E-state index in [0.29, 0.717) is 13.0 Å². The molecule has 234 valence electrons. The van der Waals surface area contributed by atoms with Crippen LogP contribution in [0.15, 0.2) is 11.6 Å². The van der Waals surface area contributed by atoms with Crippen molar-refractivity contribution in [2.45, 2.75) is 148 Å². The molecule has 0 amide bonds. The summed E-state index contributed by atoms with van der Waals surface area (Å²) < 4.78 is 35.1. The Hall–Kier alpha value is -0.356. The second kappa shape index (κ2) is 9.57. The fourth-order valence-electron chi connectivity index (χ4n) is 9.10. The van der Waals surface area contributed by atoms with Gasteiger partial charge in [-0.1, -0.05) is 54.0 Å². The van der Waals surface area contributed by atoms with Crippen molar-refractivity contribution in [2.75, 3.05) is 13.7 Å². The van der Waals surface area contributed by atoms with Crippen molar-refractivity contribution in [1.82, 2.24) is 0 Å². The predicted octanol–water partition coefficient (Wildman–Crippen LogP) is 7.50. The normalized spacial score (nSPS) is 44.8. The molecule has 0 aromatic heterocycles. The number of carbonyl (C=O) groups is 1. The van der Waals surface area contributed by atoms with Gasteiger partial charge in [0.2, 0.25) is 0 Å². The van der Waals surface area contributed by atoms with Crippen molar-refractivity contribution < 1.29 is 27.9 Å². The molecule has 1 spiro atoms. The Morgan fingerprint density at radius 3 is 2.10 bits per heavy atom. The van der Waals surface area contributed by atoms with Crippen LogP contribution in [-0.2, 0) is 27.9 Å². The van der Waals surface area contributed by atoms with E-state index in [-0.39, 0.29) is 69.0 Å². The Labute approximate surface area is 251 Å². The molecule has 5 rings (SSSR count). The minimum absolute atomic E-state index is 0.0213. The monoisotopic (exact) mass is 606 g/mol. The van der Waals surface area contributed by atoms with Crippen molar-refractivity contribution >= 4 is 22.4 Å². The number of fused-ring (bicyclic) bond motifs is 2. The molecule has 5 aliphatic rings. The Morgan fingerprint density at radius 2 is 1.54 bits per heavy atom. The first-order valence-corrected chi connectivity index (χ1v) is 21.8. The molecule has 4 fully saturated rings. The molecular weight excluding hydrogens is 549 g/mol. The molecule has 0 radical (unpaired) electrons. The Kier molecular flexibility index (Phi) is 7.48. The summed E-state index contributed by atoms with van der Waals surface area (Å²) in [4.78, 5) is 13.4. The van der Waals surface area contributed by atoms with Crippen molar-refractivity contribution in [3.8, 4) is 0 Å². The smallest absolute Gasteiger partial charge is 0.192 e. The maximum Gasteiger partial charge on any atom is 0.192 e. The molecule has 0 unspecified atom stereocenters. The summed E-state index contributed by atoms with van der Waals surface area (Å²) in [5.41, 5.74) is 0.113. The highest BCUT2D eigenvalue weighted by Gasteiger charge is 2.80. The number of rotatable bonds is 5. The van der Waals surface area contributed by atoms with Crippen LogP contribution in [0, 0.1) is 28.6 Å². The molecule has 0 aromatic rings. The summed E-state index contributed by atoms with van der Waals surface area (Å²) in [7, 11) is -2.75. The highest BCUT2D eigenvalue weighted by Crippen LogP contribution is 2.73. The zero-order valence-electron chi connectivity index (χ0n) is 28.4. The first-order chi connectivity index (χ1) is 18.5. The van der Waals surface area contributed by atoms with Crippen molar-refractivity contribution in [3.63, 3.8) is 0 Å². The number of methoxy groups -OCH3 is 1. The summed E-state index contributed by atoms with van der Waals surface area (Å²) >= 11 is 0. The van der Waals surface area contributed by atoms with E-state index >= 15 is 0 Å². The predicted molar refractivity (Wildman–Crippen MR) is 168 cm³/mol. The molecular formula is C33H58O6Si2. The second-order valence-corrected chi connectivity index (χ2v) is 27.1. The minimum atomic E-state index is -2.26. The van der Waals surface area contributed by atoms with E-state index in [1.807, 2.05) is 6.08 Å². The summed E-state index contributed by atoms with van der Waals surface area (Å²) in [6.45, 7) is 30.8. The van der Waals surface area contributed by atoms with Gasteiger partial charge in [0.25, 0.3) is 0 Å². The fraction of sp³-hybridized carbons (Fsp3) is 0.909. The Bertz CT molecular complexity index is 1100. The molecule has 2 bridgehead atoms. The lowest BCUT2D eigenvalue weighted by atomic mass is 9.38. The van der Waals surface area contributed by atoms with Crippen molar-refractivity contribution in [1.29, 1.82) is 0 Å². The number of allylic oxidation sites excluding steroid dienone is 2. The zero-order valence-corrected chi connectivity index (χ0v) is 30.4. The lowest BCUT2D eigenvalue weighted by molar-refractivity contribution is -0.317. The molecule has 41 heavy (non-hydrogen) atoms. The van der Waals surface area contributed by atoms with Gasteiger partial charge < -0.3 is 23.1 Å². The van der Waals surface area contributed by atoms with Crippen LogP contribution >= 0.6 is 0 Å². The molecule has 6 nitrogen and oxygen atoms in total. The highest BCUT2D eigenvalue weighted by molar-refractivity contribution is 6.74. The standard InChI is InChI=1S/C33H58O6Si2/c1-20-15-21(34)18-31(8)22(20)16-24-33-19-36-32(9,23(33)17-25(35-10)37-24)28(39-41(13,14)30(5,6)7)26(27(31)33)38-40(11,12)29(2,3)4/h15,22-28H,16-19H2,1-14H3/t22-,23-,24+,25-,26+,27+,28-,31-,32-,33+/m0/s1. The summed E-state index contributed by atoms with van der Waals surface area (Å²) in [6.07, 6.45) is 3.37.